The van der Waals surface area contributed by atoms with Gasteiger partial charge in [-0.05, 0) is 38.7 Å². The summed E-state index contributed by atoms with van der Waals surface area (Å²) in [6.45, 7) is 2.67. The minimum atomic E-state index is -0.393. The molecule has 128 valence electrons. The average Bonchev–Trinajstić information content (AvgIpc) is 3.15. The van der Waals surface area contributed by atoms with Crippen LogP contribution in [0.5, 0.6) is 11.5 Å². The predicted octanol–water partition coefficient (Wildman–Crippen LogP) is 1.54. The fraction of sp³-hybridized carbons (Fsp3) is 0.438. The van der Waals surface area contributed by atoms with E-state index in [0.717, 1.165) is 15.6 Å². The lowest BCUT2D eigenvalue weighted by molar-refractivity contribution is -0.125. The van der Waals surface area contributed by atoms with Crippen molar-refractivity contribution in [1.82, 2.24) is 20.4 Å². The van der Waals surface area contributed by atoms with E-state index in [0.29, 0.717) is 24.5 Å². The molecule has 1 aromatic heterocycles. The Balaban J connectivity index is 1.65. The molecule has 2 heterocycles. The minimum Gasteiger partial charge on any atom is -0.454 e. The topological polar surface area (TPSA) is 76.6 Å². The number of benzene rings is 1. The molecule has 0 radical (unpaired) electrons. The predicted molar refractivity (Wildman–Crippen MR) is 90.4 cm³/mol. The van der Waals surface area contributed by atoms with E-state index in [9.17, 15) is 4.79 Å². The third kappa shape index (κ3) is 3.65. The van der Waals surface area contributed by atoms with Crippen LogP contribution >= 0.6 is 11.3 Å². The Morgan fingerprint density at radius 3 is 2.83 bits per heavy atom. The fourth-order valence-electron chi connectivity index (χ4n) is 2.60. The standard InChI is InChI=1S/C16H20N4O3S/c1-10-18-19-14(24-10)6-7-17-16(21)15(20(2)3)11-4-5-12-13(8-11)23-9-22-12/h4-5,8,15H,6-7,9H2,1-3H3,(H,17,21)/t15-/m1/s1. The quantitative estimate of drug-likeness (QED) is 0.853. The van der Waals surface area contributed by atoms with Gasteiger partial charge < -0.3 is 14.8 Å². The van der Waals surface area contributed by atoms with Crippen LogP contribution in [0.25, 0.3) is 0 Å². The van der Waals surface area contributed by atoms with Crippen molar-refractivity contribution in [3.8, 4) is 11.5 Å². The first-order valence-corrected chi connectivity index (χ1v) is 8.49. The summed E-state index contributed by atoms with van der Waals surface area (Å²) in [4.78, 5) is 14.5. The SMILES string of the molecule is Cc1nnc(CCNC(=O)[C@@H](c2ccc3c(c2)OCO3)N(C)C)s1. The fourth-order valence-corrected chi connectivity index (χ4v) is 3.30. The molecule has 0 saturated heterocycles. The van der Waals surface area contributed by atoms with Crippen molar-refractivity contribution in [2.45, 2.75) is 19.4 Å². The Bertz CT molecular complexity index is 732. The van der Waals surface area contributed by atoms with Crippen LogP contribution in [0.3, 0.4) is 0 Å². The van der Waals surface area contributed by atoms with Crippen molar-refractivity contribution >= 4 is 17.2 Å². The van der Waals surface area contributed by atoms with Gasteiger partial charge >= 0.3 is 0 Å². The molecule has 1 aliphatic rings. The number of amides is 1. The highest BCUT2D eigenvalue weighted by molar-refractivity contribution is 7.11. The number of aromatic nitrogens is 2. The molecule has 2 aromatic rings. The van der Waals surface area contributed by atoms with Gasteiger partial charge in [0.1, 0.15) is 16.1 Å². The molecule has 0 unspecified atom stereocenters. The molecule has 8 heteroatoms. The van der Waals surface area contributed by atoms with E-state index in [4.69, 9.17) is 9.47 Å². The van der Waals surface area contributed by atoms with Crippen LogP contribution in [0.2, 0.25) is 0 Å². The van der Waals surface area contributed by atoms with Gasteiger partial charge in [0.15, 0.2) is 11.5 Å². The second-order valence-corrected chi connectivity index (χ2v) is 7.00. The first-order valence-electron chi connectivity index (χ1n) is 7.67. The number of aryl methyl sites for hydroxylation is 1. The van der Waals surface area contributed by atoms with Crippen LogP contribution < -0.4 is 14.8 Å². The van der Waals surface area contributed by atoms with Crippen LogP contribution in [-0.2, 0) is 11.2 Å². The van der Waals surface area contributed by atoms with Crippen molar-refractivity contribution in [3.63, 3.8) is 0 Å². The molecular weight excluding hydrogens is 328 g/mol. The normalized spacial score (nSPS) is 14.0. The second-order valence-electron chi connectivity index (χ2n) is 5.73. The summed E-state index contributed by atoms with van der Waals surface area (Å²) in [6, 6.07) is 5.20. The first kappa shape index (κ1) is 16.7. The molecule has 0 saturated carbocycles. The zero-order valence-electron chi connectivity index (χ0n) is 13.9. The summed E-state index contributed by atoms with van der Waals surface area (Å²) < 4.78 is 10.7. The van der Waals surface area contributed by atoms with Crippen molar-refractivity contribution < 1.29 is 14.3 Å². The Labute approximate surface area is 144 Å². The highest BCUT2D eigenvalue weighted by Gasteiger charge is 2.25. The van der Waals surface area contributed by atoms with E-state index < -0.39 is 6.04 Å². The number of rotatable bonds is 6. The number of fused-ring (bicyclic) bond motifs is 1. The Kier molecular flexibility index (Phi) is 4.96. The summed E-state index contributed by atoms with van der Waals surface area (Å²) in [7, 11) is 3.76. The Morgan fingerprint density at radius 2 is 2.12 bits per heavy atom. The van der Waals surface area contributed by atoms with Gasteiger partial charge in [-0.2, -0.15) is 0 Å². The van der Waals surface area contributed by atoms with Gasteiger partial charge in [0, 0.05) is 13.0 Å². The molecule has 1 N–H and O–H groups in total. The van der Waals surface area contributed by atoms with Gasteiger partial charge in [0.05, 0.1) is 0 Å². The molecule has 0 aliphatic carbocycles. The number of carbonyl (C=O) groups excluding carboxylic acids is 1. The summed E-state index contributed by atoms with van der Waals surface area (Å²) in [6.07, 6.45) is 0.679. The van der Waals surface area contributed by atoms with E-state index in [1.54, 1.807) is 11.3 Å². The van der Waals surface area contributed by atoms with Crippen molar-refractivity contribution in [3.05, 3.63) is 33.8 Å². The second kappa shape index (κ2) is 7.14. The lowest BCUT2D eigenvalue weighted by Gasteiger charge is -2.24. The maximum Gasteiger partial charge on any atom is 0.241 e. The molecule has 7 nitrogen and oxygen atoms in total. The van der Waals surface area contributed by atoms with E-state index in [1.165, 1.54) is 0 Å². The van der Waals surface area contributed by atoms with E-state index >= 15 is 0 Å². The zero-order chi connectivity index (χ0) is 17.1. The molecule has 1 aliphatic heterocycles. The van der Waals surface area contributed by atoms with E-state index in [1.807, 2.05) is 44.1 Å². The van der Waals surface area contributed by atoms with Crippen molar-refractivity contribution in [2.24, 2.45) is 0 Å². The third-order valence-corrected chi connectivity index (χ3v) is 4.58. The number of hydrogen-bond acceptors (Lipinski definition) is 7. The largest absolute Gasteiger partial charge is 0.454 e. The van der Waals surface area contributed by atoms with Crippen molar-refractivity contribution in [2.75, 3.05) is 27.4 Å². The van der Waals surface area contributed by atoms with Crippen molar-refractivity contribution in [1.29, 1.82) is 0 Å². The number of nitrogens with one attached hydrogen (secondary N) is 1. The van der Waals surface area contributed by atoms with E-state index in [-0.39, 0.29) is 12.7 Å². The van der Waals surface area contributed by atoms with Gasteiger partial charge in [-0.15, -0.1) is 21.5 Å². The molecule has 1 atom stereocenters. The number of nitrogens with zero attached hydrogens (tertiary/aromatic N) is 3. The van der Waals surface area contributed by atoms with Gasteiger partial charge in [-0.25, -0.2) is 0 Å². The summed E-state index contributed by atoms with van der Waals surface area (Å²) >= 11 is 1.55. The first-order chi connectivity index (χ1) is 11.5. The maximum atomic E-state index is 12.6. The number of carbonyl (C=O) groups is 1. The maximum absolute atomic E-state index is 12.6. The highest BCUT2D eigenvalue weighted by Crippen LogP contribution is 2.35. The van der Waals surface area contributed by atoms with Gasteiger partial charge in [-0.1, -0.05) is 6.07 Å². The lowest BCUT2D eigenvalue weighted by Crippen LogP contribution is -2.37. The summed E-state index contributed by atoms with van der Waals surface area (Å²) in [5.74, 6) is 1.33. The van der Waals surface area contributed by atoms with Gasteiger partial charge in [-0.3, -0.25) is 9.69 Å². The molecule has 1 amide bonds. The molecule has 0 bridgehead atoms. The smallest absolute Gasteiger partial charge is 0.241 e. The van der Waals surface area contributed by atoms with Crippen LogP contribution in [0.1, 0.15) is 21.6 Å². The molecule has 24 heavy (non-hydrogen) atoms. The number of likely N-dealkylation sites (N-methyl/N-ethyl adjacent to an activating group) is 1. The highest BCUT2D eigenvalue weighted by atomic mass is 32.1. The van der Waals surface area contributed by atoms with Crippen LogP contribution in [0.15, 0.2) is 18.2 Å². The average molecular weight is 348 g/mol. The molecular formula is C16H20N4O3S. The van der Waals surface area contributed by atoms with Gasteiger partial charge in [0.2, 0.25) is 12.7 Å². The molecule has 0 spiro atoms. The Hall–Kier alpha value is -2.19. The molecule has 3 rings (SSSR count). The summed E-state index contributed by atoms with van der Waals surface area (Å²) in [5, 5.41) is 12.9. The number of hydrogen-bond donors (Lipinski definition) is 1. The van der Waals surface area contributed by atoms with Crippen LogP contribution in [0, 0.1) is 6.92 Å². The van der Waals surface area contributed by atoms with Crippen LogP contribution in [0.4, 0.5) is 0 Å². The monoisotopic (exact) mass is 348 g/mol. The van der Waals surface area contributed by atoms with E-state index in [2.05, 4.69) is 15.5 Å². The minimum absolute atomic E-state index is 0.0555. The Morgan fingerprint density at radius 1 is 1.33 bits per heavy atom. The number of ether oxygens (including phenoxy) is 2. The lowest BCUT2D eigenvalue weighted by atomic mass is 10.0. The van der Waals surface area contributed by atoms with Crippen LogP contribution in [-0.4, -0.2) is 48.4 Å². The summed E-state index contributed by atoms with van der Waals surface area (Å²) in [5.41, 5.74) is 0.869. The molecule has 1 aromatic carbocycles. The third-order valence-electron chi connectivity index (χ3n) is 3.68. The molecule has 0 fully saturated rings. The van der Waals surface area contributed by atoms with Gasteiger partial charge in [0.25, 0.3) is 0 Å². The zero-order valence-corrected chi connectivity index (χ0v) is 14.7.